The molecule has 0 spiro atoms. The van der Waals surface area contributed by atoms with Gasteiger partial charge >= 0.3 is 0 Å². The molecule has 0 aromatic heterocycles. The average Bonchev–Trinajstić information content (AvgIpc) is 2.35. The van der Waals surface area contributed by atoms with Crippen molar-refractivity contribution in [2.75, 3.05) is 20.2 Å². The summed E-state index contributed by atoms with van der Waals surface area (Å²) < 4.78 is 5.12. The maximum absolute atomic E-state index is 5.77. The lowest BCUT2D eigenvalue weighted by Gasteiger charge is -2.16. The van der Waals surface area contributed by atoms with Crippen LogP contribution in [0.1, 0.15) is 24.1 Å². The van der Waals surface area contributed by atoms with Gasteiger partial charge in [-0.05, 0) is 18.1 Å². The van der Waals surface area contributed by atoms with Crippen molar-refractivity contribution in [1.82, 2.24) is 5.32 Å². The lowest BCUT2D eigenvalue weighted by Crippen LogP contribution is -2.28. The minimum Gasteiger partial charge on any atom is -0.380 e. The molecule has 0 amide bonds. The lowest BCUT2D eigenvalue weighted by atomic mass is 10.0. The number of benzene rings is 1. The second kappa shape index (κ2) is 7.86. The molecule has 1 rings (SSSR count). The number of nitrogens with one attached hydrogen (secondary N) is 1. The predicted molar refractivity (Wildman–Crippen MR) is 70.4 cm³/mol. The molecule has 3 N–H and O–H groups in total. The smallest absolute Gasteiger partial charge is 0.0713 e. The fourth-order valence-electron chi connectivity index (χ4n) is 1.67. The molecule has 1 aromatic carbocycles. The van der Waals surface area contributed by atoms with Crippen LogP contribution in [0.25, 0.3) is 0 Å². The summed E-state index contributed by atoms with van der Waals surface area (Å²) in [6, 6.07) is 8.41. The van der Waals surface area contributed by atoms with Crippen LogP contribution in [-0.2, 0) is 11.3 Å². The van der Waals surface area contributed by atoms with Gasteiger partial charge in [0.05, 0.1) is 13.2 Å². The van der Waals surface area contributed by atoms with E-state index in [0.29, 0.717) is 19.7 Å². The fraction of sp³-hybridized carbons (Fsp3) is 0.429. The predicted octanol–water partition coefficient (Wildman–Crippen LogP) is 1.45. The third-order valence-corrected chi connectivity index (χ3v) is 2.51. The number of rotatable bonds is 6. The summed E-state index contributed by atoms with van der Waals surface area (Å²) in [6.45, 7) is 3.67. The van der Waals surface area contributed by atoms with Crippen molar-refractivity contribution in [3.8, 4) is 11.8 Å². The highest BCUT2D eigenvalue weighted by atomic mass is 16.5. The first-order valence-electron chi connectivity index (χ1n) is 5.72. The van der Waals surface area contributed by atoms with Crippen molar-refractivity contribution < 1.29 is 4.74 Å². The highest BCUT2D eigenvalue weighted by molar-refractivity contribution is 5.26. The molecule has 0 aliphatic heterocycles. The third kappa shape index (κ3) is 4.58. The van der Waals surface area contributed by atoms with Crippen molar-refractivity contribution in [2.24, 2.45) is 5.73 Å². The van der Waals surface area contributed by atoms with Crippen LogP contribution in [0.2, 0.25) is 0 Å². The molecule has 0 bridgehead atoms. The van der Waals surface area contributed by atoms with Crippen molar-refractivity contribution in [3.05, 3.63) is 35.4 Å². The Balaban J connectivity index is 2.71. The van der Waals surface area contributed by atoms with E-state index in [1.807, 2.05) is 19.1 Å². The molecule has 0 heterocycles. The normalized spacial score (nSPS) is 11.7. The summed E-state index contributed by atoms with van der Waals surface area (Å²) in [7, 11) is 1.70. The summed E-state index contributed by atoms with van der Waals surface area (Å²) in [5.41, 5.74) is 8.11. The molecule has 17 heavy (non-hydrogen) atoms. The number of nitrogens with two attached hydrogens (primary N) is 1. The Bertz CT molecular complexity index is 393. The second-order valence-electron chi connectivity index (χ2n) is 3.77. The number of hydrogen-bond acceptors (Lipinski definition) is 3. The van der Waals surface area contributed by atoms with Crippen molar-refractivity contribution >= 4 is 0 Å². The SMILES string of the molecule is CC#CCNC(CN)c1cccc(COC)c1. The monoisotopic (exact) mass is 232 g/mol. The molecule has 92 valence electrons. The summed E-state index contributed by atoms with van der Waals surface area (Å²) in [5.74, 6) is 5.84. The van der Waals surface area contributed by atoms with Crippen LogP contribution >= 0.6 is 0 Å². The first-order chi connectivity index (χ1) is 8.31. The zero-order chi connectivity index (χ0) is 12.5. The summed E-state index contributed by atoms with van der Waals surface area (Å²) in [4.78, 5) is 0. The van der Waals surface area contributed by atoms with Gasteiger partial charge in [-0.2, -0.15) is 0 Å². The van der Waals surface area contributed by atoms with E-state index in [4.69, 9.17) is 10.5 Å². The minimum atomic E-state index is 0.146. The average molecular weight is 232 g/mol. The van der Waals surface area contributed by atoms with Gasteiger partial charge in [0.2, 0.25) is 0 Å². The Morgan fingerprint density at radius 3 is 2.94 bits per heavy atom. The zero-order valence-electron chi connectivity index (χ0n) is 10.5. The quantitative estimate of drug-likeness (QED) is 0.730. The Labute approximate surface area is 103 Å². The molecule has 1 atom stereocenters. The van der Waals surface area contributed by atoms with E-state index in [0.717, 1.165) is 5.56 Å². The van der Waals surface area contributed by atoms with Gasteiger partial charge in [0, 0.05) is 19.7 Å². The van der Waals surface area contributed by atoms with Crippen LogP contribution in [0.4, 0.5) is 0 Å². The maximum Gasteiger partial charge on any atom is 0.0713 e. The summed E-state index contributed by atoms with van der Waals surface area (Å²) in [5, 5.41) is 3.32. The second-order valence-corrected chi connectivity index (χ2v) is 3.77. The molecule has 1 aromatic rings. The molecule has 3 heteroatoms. The molecule has 0 fully saturated rings. The van der Waals surface area contributed by atoms with Gasteiger partial charge in [0.1, 0.15) is 0 Å². The molecule has 0 saturated heterocycles. The van der Waals surface area contributed by atoms with Crippen molar-refractivity contribution in [2.45, 2.75) is 19.6 Å². The van der Waals surface area contributed by atoms with E-state index >= 15 is 0 Å². The van der Waals surface area contributed by atoms with Crippen LogP contribution < -0.4 is 11.1 Å². The highest BCUT2D eigenvalue weighted by Crippen LogP contribution is 2.14. The molecular formula is C14H20N2O. The van der Waals surface area contributed by atoms with E-state index in [9.17, 15) is 0 Å². The minimum absolute atomic E-state index is 0.146. The third-order valence-electron chi connectivity index (χ3n) is 2.51. The van der Waals surface area contributed by atoms with E-state index in [1.165, 1.54) is 5.56 Å². The van der Waals surface area contributed by atoms with Crippen LogP contribution in [0.5, 0.6) is 0 Å². The standard InChI is InChI=1S/C14H20N2O/c1-3-4-8-16-14(10-15)13-7-5-6-12(9-13)11-17-2/h5-7,9,14,16H,8,10-11,15H2,1-2H3. The first kappa shape index (κ1) is 13.7. The van der Waals surface area contributed by atoms with Gasteiger partial charge in [-0.25, -0.2) is 0 Å². The molecular weight excluding hydrogens is 212 g/mol. The highest BCUT2D eigenvalue weighted by Gasteiger charge is 2.08. The van der Waals surface area contributed by atoms with Crippen LogP contribution in [-0.4, -0.2) is 20.2 Å². The van der Waals surface area contributed by atoms with Gasteiger partial charge in [0.15, 0.2) is 0 Å². The van der Waals surface area contributed by atoms with Gasteiger partial charge in [-0.15, -0.1) is 5.92 Å². The molecule has 3 nitrogen and oxygen atoms in total. The maximum atomic E-state index is 5.77. The van der Waals surface area contributed by atoms with Gasteiger partial charge in [-0.1, -0.05) is 30.2 Å². The zero-order valence-corrected chi connectivity index (χ0v) is 10.5. The molecule has 1 unspecified atom stereocenters. The number of hydrogen-bond donors (Lipinski definition) is 2. The largest absolute Gasteiger partial charge is 0.380 e. The molecule has 0 radical (unpaired) electrons. The fourth-order valence-corrected chi connectivity index (χ4v) is 1.67. The van der Waals surface area contributed by atoms with Crippen molar-refractivity contribution in [1.29, 1.82) is 0 Å². The number of methoxy groups -OCH3 is 1. The van der Waals surface area contributed by atoms with Crippen LogP contribution in [0.3, 0.4) is 0 Å². The Morgan fingerprint density at radius 2 is 2.29 bits per heavy atom. The molecule has 0 aliphatic rings. The molecule has 0 aliphatic carbocycles. The summed E-state index contributed by atoms with van der Waals surface area (Å²) in [6.07, 6.45) is 0. The van der Waals surface area contributed by atoms with Crippen LogP contribution in [0, 0.1) is 11.8 Å². The van der Waals surface area contributed by atoms with Gasteiger partial charge < -0.3 is 10.5 Å². The van der Waals surface area contributed by atoms with Gasteiger partial charge in [0.25, 0.3) is 0 Å². The Kier molecular flexibility index (Phi) is 6.34. The number of ether oxygens (including phenoxy) is 1. The Morgan fingerprint density at radius 1 is 1.47 bits per heavy atom. The van der Waals surface area contributed by atoms with E-state index in [-0.39, 0.29) is 6.04 Å². The van der Waals surface area contributed by atoms with Crippen LogP contribution in [0.15, 0.2) is 24.3 Å². The topological polar surface area (TPSA) is 47.3 Å². The lowest BCUT2D eigenvalue weighted by molar-refractivity contribution is 0.185. The van der Waals surface area contributed by atoms with Gasteiger partial charge in [-0.3, -0.25) is 5.32 Å². The summed E-state index contributed by atoms with van der Waals surface area (Å²) >= 11 is 0. The molecule has 0 saturated carbocycles. The Hall–Kier alpha value is -1.34. The first-order valence-corrected chi connectivity index (χ1v) is 5.72. The van der Waals surface area contributed by atoms with E-state index < -0.39 is 0 Å². The van der Waals surface area contributed by atoms with E-state index in [2.05, 4.69) is 29.3 Å². The van der Waals surface area contributed by atoms with Crippen molar-refractivity contribution in [3.63, 3.8) is 0 Å². The van der Waals surface area contributed by atoms with E-state index in [1.54, 1.807) is 7.11 Å².